The lowest BCUT2D eigenvalue weighted by atomic mass is 10.2. The van der Waals surface area contributed by atoms with Gasteiger partial charge in [0.1, 0.15) is 6.61 Å². The summed E-state index contributed by atoms with van der Waals surface area (Å²) in [7, 11) is 1.39. The zero-order valence-electron chi connectivity index (χ0n) is 11.6. The molecule has 0 unspecified atom stereocenters. The Balaban J connectivity index is 2.10. The van der Waals surface area contributed by atoms with Crippen LogP contribution in [-0.4, -0.2) is 17.0 Å². The second kappa shape index (κ2) is 6.53. The molecule has 0 radical (unpaired) electrons. The molecule has 0 saturated heterocycles. The molecule has 0 atom stereocenters. The molecule has 2 aromatic rings. The largest absolute Gasteiger partial charge is 0.493 e. The lowest BCUT2D eigenvalue weighted by Gasteiger charge is -2.10. The van der Waals surface area contributed by atoms with Gasteiger partial charge in [-0.3, -0.25) is 20.2 Å². The number of hydrogen-bond acceptors (Lipinski definition) is 6. The Labute approximate surface area is 125 Å². The molecule has 0 amide bonds. The van der Waals surface area contributed by atoms with E-state index in [0.29, 0.717) is 5.75 Å². The van der Waals surface area contributed by atoms with Gasteiger partial charge in [0, 0.05) is 18.2 Å². The molecule has 114 valence electrons. The Morgan fingerprint density at radius 1 is 0.909 bits per heavy atom. The van der Waals surface area contributed by atoms with Gasteiger partial charge in [0.25, 0.3) is 11.4 Å². The van der Waals surface area contributed by atoms with Gasteiger partial charge in [0.05, 0.1) is 23.0 Å². The van der Waals surface area contributed by atoms with Crippen molar-refractivity contribution in [1.29, 1.82) is 0 Å². The molecule has 2 aromatic carbocycles. The first kappa shape index (κ1) is 15.2. The quantitative estimate of drug-likeness (QED) is 0.599. The van der Waals surface area contributed by atoms with E-state index >= 15 is 0 Å². The van der Waals surface area contributed by atoms with E-state index in [1.807, 2.05) is 0 Å². The topological polar surface area (TPSA) is 105 Å². The maximum atomic E-state index is 10.7. The fraction of sp³-hybridized carbons (Fsp3) is 0.143. The van der Waals surface area contributed by atoms with Crippen molar-refractivity contribution in [2.45, 2.75) is 6.61 Å². The second-order valence-corrected chi connectivity index (χ2v) is 4.30. The SMILES string of the molecule is COc1cc([N+](=O)[O-])ccc1OCc1ccc([N+](=O)[O-])cc1. The van der Waals surface area contributed by atoms with E-state index in [4.69, 9.17) is 9.47 Å². The average Bonchev–Trinajstić information content (AvgIpc) is 2.52. The van der Waals surface area contributed by atoms with Crippen LogP contribution in [0, 0.1) is 20.2 Å². The molecular formula is C14H12N2O6. The number of benzene rings is 2. The molecule has 0 N–H and O–H groups in total. The maximum Gasteiger partial charge on any atom is 0.273 e. The standard InChI is InChI=1S/C14H12N2O6/c1-21-14-8-12(16(19)20)6-7-13(14)22-9-10-2-4-11(5-3-10)15(17)18/h2-8H,9H2,1H3. The van der Waals surface area contributed by atoms with Crippen LogP contribution >= 0.6 is 0 Å². The van der Waals surface area contributed by atoms with E-state index in [0.717, 1.165) is 5.56 Å². The third kappa shape index (κ3) is 3.48. The van der Waals surface area contributed by atoms with E-state index in [2.05, 4.69) is 0 Å². The molecule has 2 rings (SSSR count). The van der Waals surface area contributed by atoms with Crippen molar-refractivity contribution < 1.29 is 19.3 Å². The molecule has 22 heavy (non-hydrogen) atoms. The first-order valence-electron chi connectivity index (χ1n) is 6.20. The van der Waals surface area contributed by atoms with Gasteiger partial charge in [-0.25, -0.2) is 0 Å². The lowest BCUT2D eigenvalue weighted by molar-refractivity contribution is -0.385. The van der Waals surface area contributed by atoms with Crippen molar-refractivity contribution in [3.05, 3.63) is 68.3 Å². The van der Waals surface area contributed by atoms with Crippen LogP contribution < -0.4 is 9.47 Å². The van der Waals surface area contributed by atoms with Gasteiger partial charge in [-0.15, -0.1) is 0 Å². The summed E-state index contributed by atoms with van der Waals surface area (Å²) >= 11 is 0. The number of ether oxygens (including phenoxy) is 2. The molecular weight excluding hydrogens is 292 g/mol. The van der Waals surface area contributed by atoms with Gasteiger partial charge in [-0.1, -0.05) is 0 Å². The Bertz CT molecular complexity index is 699. The van der Waals surface area contributed by atoms with Crippen molar-refractivity contribution in [1.82, 2.24) is 0 Å². The molecule has 0 saturated carbocycles. The summed E-state index contributed by atoms with van der Waals surface area (Å²) in [4.78, 5) is 20.3. The predicted molar refractivity (Wildman–Crippen MR) is 77.1 cm³/mol. The van der Waals surface area contributed by atoms with Crippen molar-refractivity contribution >= 4 is 11.4 Å². The van der Waals surface area contributed by atoms with Crippen molar-refractivity contribution in [2.75, 3.05) is 7.11 Å². The molecule has 8 nitrogen and oxygen atoms in total. The highest BCUT2D eigenvalue weighted by Gasteiger charge is 2.12. The molecule has 0 aliphatic carbocycles. The highest BCUT2D eigenvalue weighted by molar-refractivity contribution is 5.48. The number of hydrogen-bond donors (Lipinski definition) is 0. The van der Waals surface area contributed by atoms with Gasteiger partial charge in [-0.2, -0.15) is 0 Å². The minimum Gasteiger partial charge on any atom is -0.493 e. The lowest BCUT2D eigenvalue weighted by Crippen LogP contribution is -1.99. The van der Waals surface area contributed by atoms with Crippen LogP contribution in [0.4, 0.5) is 11.4 Å². The van der Waals surface area contributed by atoms with Crippen LogP contribution in [-0.2, 0) is 6.61 Å². The highest BCUT2D eigenvalue weighted by atomic mass is 16.6. The zero-order chi connectivity index (χ0) is 16.1. The number of nitro groups is 2. The molecule has 0 spiro atoms. The monoisotopic (exact) mass is 304 g/mol. The molecule has 8 heteroatoms. The molecule has 0 fully saturated rings. The van der Waals surface area contributed by atoms with Gasteiger partial charge in [0.15, 0.2) is 11.5 Å². The maximum absolute atomic E-state index is 10.7. The van der Waals surface area contributed by atoms with Gasteiger partial charge < -0.3 is 9.47 Å². The van der Waals surface area contributed by atoms with E-state index < -0.39 is 9.85 Å². The summed E-state index contributed by atoms with van der Waals surface area (Å²) in [5.74, 6) is 0.600. The van der Waals surface area contributed by atoms with Gasteiger partial charge in [0.2, 0.25) is 0 Å². The fourth-order valence-corrected chi connectivity index (χ4v) is 1.76. The number of nitrogens with zero attached hydrogens (tertiary/aromatic N) is 2. The van der Waals surface area contributed by atoms with Crippen molar-refractivity contribution in [3.63, 3.8) is 0 Å². The Morgan fingerprint density at radius 2 is 1.50 bits per heavy atom. The molecule has 0 aliphatic rings. The van der Waals surface area contributed by atoms with Crippen molar-refractivity contribution in [3.8, 4) is 11.5 Å². The molecule has 0 aliphatic heterocycles. The van der Waals surface area contributed by atoms with E-state index in [9.17, 15) is 20.2 Å². The minimum absolute atomic E-state index is 0.00309. The fourth-order valence-electron chi connectivity index (χ4n) is 1.76. The Kier molecular flexibility index (Phi) is 4.52. The summed E-state index contributed by atoms with van der Waals surface area (Å²) in [6, 6.07) is 9.95. The summed E-state index contributed by atoms with van der Waals surface area (Å²) in [5, 5.41) is 21.3. The van der Waals surface area contributed by atoms with Crippen LogP contribution in [0.1, 0.15) is 5.56 Å². The van der Waals surface area contributed by atoms with E-state index in [1.54, 1.807) is 12.1 Å². The van der Waals surface area contributed by atoms with Crippen molar-refractivity contribution in [2.24, 2.45) is 0 Å². The highest BCUT2D eigenvalue weighted by Crippen LogP contribution is 2.31. The predicted octanol–water partition coefficient (Wildman–Crippen LogP) is 3.09. The number of non-ortho nitro benzene ring substituents is 2. The minimum atomic E-state index is -0.525. The summed E-state index contributed by atoms with van der Waals surface area (Å²) in [6.45, 7) is 0.159. The van der Waals surface area contributed by atoms with Crippen LogP contribution in [0.5, 0.6) is 11.5 Å². The number of nitro benzene ring substituents is 2. The second-order valence-electron chi connectivity index (χ2n) is 4.30. The van der Waals surface area contributed by atoms with Crippen LogP contribution in [0.25, 0.3) is 0 Å². The average molecular weight is 304 g/mol. The summed E-state index contributed by atoms with van der Waals surface area (Å²) in [6.07, 6.45) is 0. The van der Waals surface area contributed by atoms with Crippen LogP contribution in [0.15, 0.2) is 42.5 Å². The van der Waals surface area contributed by atoms with E-state index in [1.165, 1.54) is 37.4 Å². The van der Waals surface area contributed by atoms with Gasteiger partial charge >= 0.3 is 0 Å². The molecule has 0 bridgehead atoms. The van der Waals surface area contributed by atoms with E-state index in [-0.39, 0.29) is 23.7 Å². The third-order valence-electron chi connectivity index (χ3n) is 2.90. The number of methoxy groups -OCH3 is 1. The zero-order valence-corrected chi connectivity index (χ0v) is 11.6. The first-order valence-corrected chi connectivity index (χ1v) is 6.20. The summed E-state index contributed by atoms with van der Waals surface area (Å²) < 4.78 is 10.6. The normalized spacial score (nSPS) is 10.0. The molecule has 0 heterocycles. The Hall–Kier alpha value is -3.16. The van der Waals surface area contributed by atoms with Gasteiger partial charge in [-0.05, 0) is 23.8 Å². The van der Waals surface area contributed by atoms with Crippen LogP contribution in [0.2, 0.25) is 0 Å². The molecule has 0 aromatic heterocycles. The number of rotatable bonds is 6. The first-order chi connectivity index (χ1) is 10.5. The smallest absolute Gasteiger partial charge is 0.273 e. The van der Waals surface area contributed by atoms with Crippen LogP contribution in [0.3, 0.4) is 0 Å². The summed E-state index contributed by atoms with van der Waals surface area (Å²) in [5.41, 5.74) is 0.627. The Morgan fingerprint density at radius 3 is 2.05 bits per heavy atom. The third-order valence-corrected chi connectivity index (χ3v) is 2.90.